The monoisotopic (exact) mass is 219 g/mol. The van der Waals surface area contributed by atoms with Crippen molar-refractivity contribution in [1.29, 1.82) is 0 Å². The normalized spacial score (nSPS) is 77.9. The molecule has 4 nitrogen and oxygen atoms in total. The SMILES string of the molecule is O=[N+]([O-])C[C@]12O[C@@H]3[C@@H]4[C@H]5[C@@H]6C[C@@H]([C@@H]5[C@@H]41)[C@@H]2[C@@H]63. The second kappa shape index (κ2) is 1.74. The van der Waals surface area contributed by atoms with Gasteiger partial charge in [0, 0.05) is 16.8 Å². The molecule has 16 heavy (non-hydrogen) atoms. The maximum Gasteiger partial charge on any atom is 0.233 e. The average Bonchev–Trinajstić information content (AvgIpc) is 2.73. The van der Waals surface area contributed by atoms with Crippen molar-refractivity contribution in [3.63, 3.8) is 0 Å². The van der Waals surface area contributed by atoms with Crippen LogP contribution in [0.3, 0.4) is 0 Å². The Labute approximate surface area is 92.5 Å². The second-order valence-corrected chi connectivity index (χ2v) is 6.95. The zero-order chi connectivity index (χ0) is 10.4. The van der Waals surface area contributed by atoms with Gasteiger partial charge in [0.15, 0.2) is 0 Å². The van der Waals surface area contributed by atoms with Gasteiger partial charge >= 0.3 is 0 Å². The molecule has 7 fully saturated rings. The van der Waals surface area contributed by atoms with E-state index in [4.69, 9.17) is 4.74 Å². The van der Waals surface area contributed by atoms with E-state index < -0.39 is 0 Å². The third kappa shape index (κ3) is 0.424. The predicted octanol–water partition coefficient (Wildman–Crippen LogP) is 0.788. The van der Waals surface area contributed by atoms with E-state index in [1.165, 1.54) is 6.42 Å². The number of ether oxygens (including phenoxy) is 1. The minimum absolute atomic E-state index is 0.0955. The first-order valence-electron chi connectivity index (χ1n) is 6.54. The van der Waals surface area contributed by atoms with Crippen LogP contribution in [0.15, 0.2) is 0 Å². The number of nitrogens with zero attached hydrogens (tertiary/aromatic N) is 1. The van der Waals surface area contributed by atoms with Gasteiger partial charge in [-0.3, -0.25) is 10.1 Å². The van der Waals surface area contributed by atoms with Crippen LogP contribution in [0.2, 0.25) is 0 Å². The smallest absolute Gasteiger partial charge is 0.233 e. The lowest BCUT2D eigenvalue weighted by molar-refractivity contribution is -0.503. The van der Waals surface area contributed by atoms with Crippen molar-refractivity contribution in [2.45, 2.75) is 18.1 Å². The van der Waals surface area contributed by atoms with Crippen molar-refractivity contribution in [2.75, 3.05) is 6.54 Å². The van der Waals surface area contributed by atoms with Crippen LogP contribution >= 0.6 is 0 Å². The van der Waals surface area contributed by atoms with Gasteiger partial charge in [-0.2, -0.15) is 0 Å². The Hall–Kier alpha value is -0.640. The summed E-state index contributed by atoms with van der Waals surface area (Å²) in [6, 6.07) is 0. The van der Waals surface area contributed by atoms with Crippen molar-refractivity contribution in [1.82, 2.24) is 0 Å². The molecule has 0 unspecified atom stereocenters. The predicted molar refractivity (Wildman–Crippen MR) is 52.0 cm³/mol. The summed E-state index contributed by atoms with van der Waals surface area (Å²) in [5, 5.41) is 10.9. The van der Waals surface area contributed by atoms with Gasteiger partial charge in [-0.25, -0.2) is 0 Å². The van der Waals surface area contributed by atoms with Crippen molar-refractivity contribution in [3.05, 3.63) is 10.1 Å². The van der Waals surface area contributed by atoms with Crippen LogP contribution in [0.25, 0.3) is 0 Å². The van der Waals surface area contributed by atoms with E-state index in [9.17, 15) is 10.1 Å². The third-order valence-corrected chi connectivity index (χ3v) is 7.24. The van der Waals surface area contributed by atoms with E-state index in [0.717, 1.165) is 35.5 Å². The quantitative estimate of drug-likeness (QED) is 0.509. The fraction of sp³-hybridized carbons (Fsp3) is 1.00. The van der Waals surface area contributed by atoms with Gasteiger partial charge in [0.25, 0.3) is 0 Å². The number of rotatable bonds is 2. The van der Waals surface area contributed by atoms with E-state index in [-0.39, 0.29) is 17.1 Å². The molecule has 2 heterocycles. The van der Waals surface area contributed by atoms with Crippen molar-refractivity contribution < 1.29 is 9.66 Å². The van der Waals surface area contributed by atoms with Crippen LogP contribution in [0.4, 0.5) is 0 Å². The molecule has 0 N–H and O–H groups in total. The summed E-state index contributed by atoms with van der Waals surface area (Å²) in [5.41, 5.74) is -0.291. The molecule has 2 aliphatic heterocycles. The van der Waals surface area contributed by atoms with Gasteiger partial charge in [0.2, 0.25) is 6.54 Å². The Morgan fingerprint density at radius 1 is 1.19 bits per heavy atom. The fourth-order valence-corrected chi connectivity index (χ4v) is 7.66. The molecule has 0 aromatic heterocycles. The maximum absolute atomic E-state index is 10.9. The van der Waals surface area contributed by atoms with Gasteiger partial charge in [0.05, 0.1) is 6.10 Å². The Morgan fingerprint density at radius 3 is 2.88 bits per heavy atom. The van der Waals surface area contributed by atoms with E-state index in [2.05, 4.69) is 0 Å². The topological polar surface area (TPSA) is 52.4 Å². The van der Waals surface area contributed by atoms with Crippen LogP contribution in [0.5, 0.6) is 0 Å². The fourth-order valence-electron chi connectivity index (χ4n) is 7.66. The maximum atomic E-state index is 10.9. The Morgan fingerprint density at radius 2 is 2.06 bits per heavy atom. The minimum atomic E-state index is -0.291. The van der Waals surface area contributed by atoms with E-state index in [0.29, 0.717) is 17.9 Å². The summed E-state index contributed by atoms with van der Waals surface area (Å²) < 4.78 is 6.22. The highest BCUT2D eigenvalue weighted by atomic mass is 16.6. The third-order valence-electron chi connectivity index (χ3n) is 7.24. The van der Waals surface area contributed by atoms with Gasteiger partial charge in [-0.05, 0) is 41.9 Å². The molecule has 2 saturated heterocycles. The molecule has 10 atom stereocenters. The molecule has 7 rings (SSSR count). The highest BCUT2D eigenvalue weighted by molar-refractivity contribution is 5.39. The highest BCUT2D eigenvalue weighted by Crippen LogP contribution is 2.90. The van der Waals surface area contributed by atoms with Crippen molar-refractivity contribution >= 4 is 0 Å². The van der Waals surface area contributed by atoms with E-state index in [1.54, 1.807) is 0 Å². The molecular formula is C12H13NO3. The molecule has 0 spiro atoms. The number of nitro groups is 1. The molecule has 0 amide bonds. The van der Waals surface area contributed by atoms with Gasteiger partial charge < -0.3 is 4.74 Å². The lowest BCUT2D eigenvalue weighted by Gasteiger charge is -2.44. The van der Waals surface area contributed by atoms with Crippen LogP contribution in [-0.4, -0.2) is 23.2 Å². The van der Waals surface area contributed by atoms with Crippen LogP contribution in [-0.2, 0) is 4.74 Å². The second-order valence-electron chi connectivity index (χ2n) is 6.95. The molecular weight excluding hydrogens is 206 g/mol. The first-order chi connectivity index (χ1) is 7.74. The van der Waals surface area contributed by atoms with E-state index in [1.807, 2.05) is 0 Å². The molecule has 4 bridgehead atoms. The summed E-state index contributed by atoms with van der Waals surface area (Å²) in [7, 11) is 0. The zero-order valence-electron chi connectivity index (χ0n) is 8.78. The highest BCUT2D eigenvalue weighted by Gasteiger charge is 2.93. The Kier molecular flexibility index (Phi) is 0.832. The lowest BCUT2D eigenvalue weighted by Crippen LogP contribution is -2.51. The molecule has 5 saturated carbocycles. The molecule has 0 aromatic rings. The molecule has 4 heteroatoms. The standard InChI is InChI=1S/C12H13NO3/c14-13(15)2-12-9-4-1-3-5-6(4)10(12)8(5)11(16-12)7(3)9/h3-11H,1-2H2/t3-,4-,5-,6-,7+,8+,9+,10-,11-,12+/m0/s1. The van der Waals surface area contributed by atoms with Crippen molar-refractivity contribution in [3.8, 4) is 0 Å². The lowest BCUT2D eigenvalue weighted by atomic mass is 9.57. The molecule has 84 valence electrons. The molecule has 7 aliphatic rings. The number of hydrogen-bond acceptors (Lipinski definition) is 3. The van der Waals surface area contributed by atoms with Crippen LogP contribution in [0.1, 0.15) is 6.42 Å². The van der Waals surface area contributed by atoms with Crippen LogP contribution < -0.4 is 0 Å². The first-order valence-corrected chi connectivity index (χ1v) is 6.54. The first kappa shape index (κ1) is 7.64. The summed E-state index contributed by atoms with van der Waals surface area (Å²) >= 11 is 0. The summed E-state index contributed by atoms with van der Waals surface area (Å²) in [6.45, 7) is 0.0955. The summed E-state index contributed by atoms with van der Waals surface area (Å²) in [4.78, 5) is 10.8. The van der Waals surface area contributed by atoms with Crippen molar-refractivity contribution in [2.24, 2.45) is 47.3 Å². The summed E-state index contributed by atoms with van der Waals surface area (Å²) in [5.74, 6) is 6.13. The molecule has 0 aromatic carbocycles. The minimum Gasteiger partial charge on any atom is -0.364 e. The summed E-state index contributed by atoms with van der Waals surface area (Å²) in [6.07, 6.45) is 1.82. The van der Waals surface area contributed by atoms with Gasteiger partial charge in [-0.1, -0.05) is 0 Å². The number of hydrogen-bond donors (Lipinski definition) is 0. The molecule has 0 radical (unpaired) electrons. The van der Waals surface area contributed by atoms with E-state index >= 15 is 0 Å². The Balaban J connectivity index is 1.62. The molecule has 5 aliphatic carbocycles. The largest absolute Gasteiger partial charge is 0.364 e. The van der Waals surface area contributed by atoms with Crippen LogP contribution in [0, 0.1) is 57.5 Å². The van der Waals surface area contributed by atoms with Gasteiger partial charge in [0.1, 0.15) is 5.60 Å². The zero-order valence-corrected chi connectivity index (χ0v) is 8.78. The Bertz CT molecular complexity index is 455. The van der Waals surface area contributed by atoms with Gasteiger partial charge in [-0.15, -0.1) is 0 Å². The average molecular weight is 219 g/mol.